The molecule has 0 bridgehead atoms. The number of nitrogens with zero attached hydrogens (tertiary/aromatic N) is 4. The van der Waals surface area contributed by atoms with E-state index in [9.17, 15) is 14.3 Å². The Hall–Kier alpha value is -4.78. The highest BCUT2D eigenvalue weighted by Gasteiger charge is 2.18. The van der Waals surface area contributed by atoms with Crippen LogP contribution < -0.4 is 0 Å². The lowest BCUT2D eigenvalue weighted by molar-refractivity contribution is 0.0697. The van der Waals surface area contributed by atoms with Crippen molar-refractivity contribution in [1.29, 1.82) is 0 Å². The third-order valence-corrected chi connectivity index (χ3v) is 7.46. The van der Waals surface area contributed by atoms with Crippen LogP contribution in [-0.2, 0) is 20.0 Å². The Morgan fingerprint density at radius 1 is 0.925 bits per heavy atom. The molecule has 6 rings (SSSR count). The van der Waals surface area contributed by atoms with E-state index in [1.54, 1.807) is 18.2 Å². The minimum atomic E-state index is -0.939. The number of rotatable bonds is 7. The van der Waals surface area contributed by atoms with Crippen molar-refractivity contribution in [3.63, 3.8) is 0 Å². The molecule has 2 heterocycles. The van der Waals surface area contributed by atoms with Crippen LogP contribution in [0.5, 0.6) is 0 Å². The van der Waals surface area contributed by atoms with Crippen molar-refractivity contribution in [3.05, 3.63) is 107 Å². The highest BCUT2D eigenvalue weighted by atomic mass is 19.1. The van der Waals surface area contributed by atoms with E-state index in [0.29, 0.717) is 12.1 Å². The van der Waals surface area contributed by atoms with Crippen LogP contribution in [0.1, 0.15) is 40.7 Å². The number of imidazole rings is 2. The number of fused-ring (bicyclic) bond motifs is 2. The molecule has 0 saturated carbocycles. The van der Waals surface area contributed by atoms with Crippen LogP contribution >= 0.6 is 0 Å². The lowest BCUT2D eigenvalue weighted by Crippen LogP contribution is -2.05. The summed E-state index contributed by atoms with van der Waals surface area (Å²) in [6.07, 6.45) is 1.82. The predicted molar refractivity (Wildman–Crippen MR) is 156 cm³/mol. The topological polar surface area (TPSA) is 72.9 Å². The van der Waals surface area contributed by atoms with Gasteiger partial charge in [-0.15, -0.1) is 0 Å². The van der Waals surface area contributed by atoms with E-state index in [1.165, 1.54) is 12.1 Å². The summed E-state index contributed by atoms with van der Waals surface area (Å²) in [6, 6.07) is 24.0. The largest absolute Gasteiger partial charge is 0.478 e. The summed E-state index contributed by atoms with van der Waals surface area (Å²) >= 11 is 0. The van der Waals surface area contributed by atoms with Gasteiger partial charge in [0.05, 0.1) is 27.6 Å². The van der Waals surface area contributed by atoms with Gasteiger partial charge >= 0.3 is 5.97 Å². The number of hydrogen-bond acceptors (Lipinski definition) is 3. The second-order valence-electron chi connectivity index (χ2n) is 10.2. The molecule has 0 atom stereocenters. The Labute approximate surface area is 231 Å². The second-order valence-corrected chi connectivity index (χ2v) is 10.2. The standard InChI is InChI=1S/C33H29FN4O2/c1-4-7-30-36-31-20(2)16-23(32-35-27-15-14-24(34)18-28(27)37(32)3)17-29(31)38(30)19-21-10-12-22(13-11-21)25-8-5-6-9-26(25)33(39)40/h5-6,8-18H,4,7,19H2,1-3H3,(H,39,40). The normalized spacial score (nSPS) is 11.5. The molecule has 0 aliphatic heterocycles. The van der Waals surface area contributed by atoms with Gasteiger partial charge in [0.15, 0.2) is 0 Å². The van der Waals surface area contributed by atoms with E-state index in [0.717, 1.165) is 68.8 Å². The third-order valence-electron chi connectivity index (χ3n) is 7.46. The first-order valence-corrected chi connectivity index (χ1v) is 13.4. The fraction of sp³-hybridized carbons (Fsp3) is 0.182. The summed E-state index contributed by atoms with van der Waals surface area (Å²) in [4.78, 5) is 21.5. The molecule has 2 aromatic heterocycles. The van der Waals surface area contributed by atoms with Crippen molar-refractivity contribution < 1.29 is 14.3 Å². The molecule has 7 heteroatoms. The van der Waals surface area contributed by atoms with Crippen molar-refractivity contribution in [2.24, 2.45) is 7.05 Å². The van der Waals surface area contributed by atoms with Crippen molar-refractivity contribution >= 4 is 28.0 Å². The Kier molecular flexibility index (Phi) is 6.42. The number of halogens is 1. The van der Waals surface area contributed by atoms with Crippen LogP contribution in [0.4, 0.5) is 4.39 Å². The Bertz CT molecular complexity index is 1900. The number of carboxylic acids is 1. The van der Waals surface area contributed by atoms with Crippen LogP contribution in [0.25, 0.3) is 44.6 Å². The van der Waals surface area contributed by atoms with E-state index in [4.69, 9.17) is 9.97 Å². The number of carbonyl (C=O) groups is 1. The van der Waals surface area contributed by atoms with Gasteiger partial charge in [-0.25, -0.2) is 19.2 Å². The number of aromatic nitrogens is 4. The first kappa shape index (κ1) is 25.5. The maximum Gasteiger partial charge on any atom is 0.336 e. The minimum absolute atomic E-state index is 0.284. The average Bonchev–Trinajstić information content (AvgIpc) is 3.46. The van der Waals surface area contributed by atoms with Gasteiger partial charge in [0.1, 0.15) is 17.5 Å². The number of carboxylic acid groups (broad SMARTS) is 1. The van der Waals surface area contributed by atoms with E-state index >= 15 is 0 Å². The summed E-state index contributed by atoms with van der Waals surface area (Å²) in [7, 11) is 1.91. The fourth-order valence-electron chi connectivity index (χ4n) is 5.48. The maximum absolute atomic E-state index is 13.9. The second kappa shape index (κ2) is 10.1. The van der Waals surface area contributed by atoms with Crippen LogP contribution in [-0.4, -0.2) is 30.2 Å². The van der Waals surface area contributed by atoms with Gasteiger partial charge in [-0.1, -0.05) is 49.4 Å². The van der Waals surface area contributed by atoms with Gasteiger partial charge < -0.3 is 14.2 Å². The Morgan fingerprint density at radius 3 is 2.45 bits per heavy atom. The zero-order valence-corrected chi connectivity index (χ0v) is 22.6. The van der Waals surface area contributed by atoms with Gasteiger partial charge in [-0.3, -0.25) is 0 Å². The lowest BCUT2D eigenvalue weighted by atomic mass is 9.98. The molecule has 200 valence electrons. The lowest BCUT2D eigenvalue weighted by Gasteiger charge is -2.12. The molecular weight excluding hydrogens is 503 g/mol. The first-order chi connectivity index (χ1) is 19.3. The molecule has 6 nitrogen and oxygen atoms in total. The zero-order valence-electron chi connectivity index (χ0n) is 22.6. The maximum atomic E-state index is 13.9. The number of benzene rings is 4. The summed E-state index contributed by atoms with van der Waals surface area (Å²) in [6.45, 7) is 4.84. The van der Waals surface area contributed by atoms with Gasteiger partial charge in [-0.2, -0.15) is 0 Å². The van der Waals surface area contributed by atoms with E-state index in [1.807, 2.05) is 48.0 Å². The average molecular weight is 533 g/mol. The van der Waals surface area contributed by atoms with Crippen LogP contribution in [0, 0.1) is 12.7 Å². The van der Waals surface area contributed by atoms with E-state index in [-0.39, 0.29) is 11.4 Å². The predicted octanol–water partition coefficient (Wildman–Crippen LogP) is 7.40. The van der Waals surface area contributed by atoms with Crippen molar-refractivity contribution in [2.75, 3.05) is 0 Å². The van der Waals surface area contributed by atoms with Gasteiger partial charge in [0.2, 0.25) is 0 Å². The molecule has 0 radical (unpaired) electrons. The molecule has 0 aliphatic rings. The van der Waals surface area contributed by atoms with Crippen molar-refractivity contribution in [2.45, 2.75) is 33.2 Å². The fourth-order valence-corrected chi connectivity index (χ4v) is 5.48. The molecule has 4 aromatic carbocycles. The Morgan fingerprint density at radius 2 is 1.70 bits per heavy atom. The number of aryl methyl sites for hydroxylation is 3. The van der Waals surface area contributed by atoms with E-state index in [2.05, 4.69) is 30.5 Å². The smallest absolute Gasteiger partial charge is 0.336 e. The Balaban J connectivity index is 1.42. The third kappa shape index (κ3) is 4.43. The van der Waals surface area contributed by atoms with Gasteiger partial charge in [-0.05, 0) is 72.0 Å². The highest BCUT2D eigenvalue weighted by Crippen LogP contribution is 2.31. The first-order valence-electron chi connectivity index (χ1n) is 13.4. The molecule has 0 amide bonds. The monoisotopic (exact) mass is 532 g/mol. The van der Waals surface area contributed by atoms with Crippen LogP contribution in [0.3, 0.4) is 0 Å². The van der Waals surface area contributed by atoms with Crippen molar-refractivity contribution in [3.8, 4) is 22.5 Å². The number of hydrogen-bond donors (Lipinski definition) is 1. The van der Waals surface area contributed by atoms with Crippen LogP contribution in [0.2, 0.25) is 0 Å². The zero-order chi connectivity index (χ0) is 28.0. The summed E-state index contributed by atoms with van der Waals surface area (Å²) in [5, 5.41) is 9.60. The van der Waals surface area contributed by atoms with Crippen LogP contribution in [0.15, 0.2) is 78.9 Å². The molecule has 0 aliphatic carbocycles. The molecule has 6 aromatic rings. The molecule has 0 saturated heterocycles. The van der Waals surface area contributed by atoms with Gasteiger partial charge in [0.25, 0.3) is 0 Å². The quantitative estimate of drug-likeness (QED) is 0.232. The molecular formula is C33H29FN4O2. The highest BCUT2D eigenvalue weighted by molar-refractivity contribution is 5.96. The van der Waals surface area contributed by atoms with Gasteiger partial charge in [0, 0.05) is 25.6 Å². The molecule has 0 spiro atoms. The SMILES string of the molecule is CCCc1nc2c(C)cc(-c3nc4ccc(F)cc4n3C)cc2n1Cc1ccc(-c2ccccc2C(=O)O)cc1. The summed E-state index contributed by atoms with van der Waals surface area (Å²) < 4.78 is 18.1. The molecule has 0 fully saturated rings. The summed E-state index contributed by atoms with van der Waals surface area (Å²) in [5.41, 5.74) is 8.44. The number of aromatic carboxylic acids is 1. The minimum Gasteiger partial charge on any atom is -0.478 e. The van der Waals surface area contributed by atoms with E-state index < -0.39 is 5.97 Å². The molecule has 0 unspecified atom stereocenters. The summed E-state index contributed by atoms with van der Waals surface area (Å²) in [5.74, 6) is 0.570. The molecule has 1 N–H and O–H groups in total. The molecule has 40 heavy (non-hydrogen) atoms. The van der Waals surface area contributed by atoms with Crippen molar-refractivity contribution in [1.82, 2.24) is 19.1 Å².